The maximum atomic E-state index is 14.3. The summed E-state index contributed by atoms with van der Waals surface area (Å²) in [6.07, 6.45) is 2.29. The monoisotopic (exact) mass is 455 g/mol. The van der Waals surface area contributed by atoms with E-state index in [1.165, 1.54) is 33.0 Å². The number of aliphatic imine (C=N–C) groups is 1. The number of hydrogen-bond donors (Lipinski definition) is 2. The number of sulfone groups is 1. The smallest absolute Gasteiger partial charge is 0.275 e. The average Bonchev–Trinajstić information content (AvgIpc) is 2.73. The Morgan fingerprint density at radius 2 is 2.00 bits per heavy atom. The fraction of sp³-hybridized carbons (Fsp3) is 0.368. The number of aromatic nitrogens is 2. The van der Waals surface area contributed by atoms with Crippen LogP contribution in [0.5, 0.6) is 5.88 Å². The van der Waals surface area contributed by atoms with Crippen LogP contribution in [0.1, 0.15) is 29.9 Å². The summed E-state index contributed by atoms with van der Waals surface area (Å²) >= 11 is 0. The fourth-order valence-corrected chi connectivity index (χ4v) is 3.82. The number of alkyl halides is 1. The van der Waals surface area contributed by atoms with E-state index in [1.54, 1.807) is 0 Å². The van der Waals surface area contributed by atoms with Crippen LogP contribution >= 0.6 is 0 Å². The molecule has 0 spiro atoms. The molecule has 0 bridgehead atoms. The molecule has 0 saturated heterocycles. The van der Waals surface area contributed by atoms with Crippen molar-refractivity contribution in [2.24, 2.45) is 10.7 Å². The van der Waals surface area contributed by atoms with Crippen LogP contribution in [0.15, 0.2) is 35.6 Å². The summed E-state index contributed by atoms with van der Waals surface area (Å²) in [5, 5.41) is 2.49. The molecule has 31 heavy (non-hydrogen) atoms. The van der Waals surface area contributed by atoms with E-state index in [0.717, 1.165) is 18.5 Å². The topological polar surface area (TPSA) is 137 Å². The quantitative estimate of drug-likeness (QED) is 0.435. The van der Waals surface area contributed by atoms with Gasteiger partial charge in [-0.25, -0.2) is 27.2 Å². The van der Waals surface area contributed by atoms with Gasteiger partial charge in [-0.15, -0.1) is 0 Å². The predicted molar refractivity (Wildman–Crippen MR) is 112 cm³/mol. The molecule has 1 heterocycles. The number of ether oxygens (including phenoxy) is 1. The van der Waals surface area contributed by atoms with Crippen LogP contribution in [-0.2, 0) is 15.6 Å². The number of rotatable bonds is 9. The van der Waals surface area contributed by atoms with E-state index in [1.807, 2.05) is 0 Å². The SMILES string of the molecule is CN=C(N)C(C)(C)S(=O)(=O)Cc1cc(NC(=O)c2cnc(OCCF)cn2)ccc1F. The van der Waals surface area contributed by atoms with E-state index in [-0.39, 0.29) is 35.3 Å². The van der Waals surface area contributed by atoms with Crippen molar-refractivity contribution < 1.29 is 26.7 Å². The van der Waals surface area contributed by atoms with Crippen molar-refractivity contribution >= 4 is 27.3 Å². The van der Waals surface area contributed by atoms with E-state index >= 15 is 0 Å². The summed E-state index contributed by atoms with van der Waals surface area (Å²) in [7, 11) is -2.56. The molecule has 3 N–H and O–H groups in total. The standard InChI is InChI=1S/C19H23F2N5O4S/c1-19(2,18(22)23-3)31(28,29)11-12-8-13(4-5-14(12)21)26-17(27)15-9-25-16(10-24-15)30-7-6-20/h4-5,8-10H,6-7,11H2,1-3H3,(H2,22,23)(H,26,27). The number of amidine groups is 1. The molecule has 0 aliphatic rings. The molecule has 1 aromatic heterocycles. The van der Waals surface area contributed by atoms with Crippen molar-refractivity contribution in [2.45, 2.75) is 24.3 Å². The number of benzene rings is 1. The highest BCUT2D eigenvalue weighted by atomic mass is 32.2. The predicted octanol–water partition coefficient (Wildman–Crippen LogP) is 1.90. The van der Waals surface area contributed by atoms with Crippen molar-refractivity contribution in [1.82, 2.24) is 9.97 Å². The molecule has 0 fully saturated rings. The van der Waals surface area contributed by atoms with Crippen molar-refractivity contribution in [3.8, 4) is 5.88 Å². The van der Waals surface area contributed by atoms with E-state index in [2.05, 4.69) is 20.3 Å². The summed E-state index contributed by atoms with van der Waals surface area (Å²) in [5.74, 6) is -2.10. The van der Waals surface area contributed by atoms with Gasteiger partial charge in [0.1, 0.15) is 35.4 Å². The highest BCUT2D eigenvalue weighted by molar-refractivity contribution is 7.92. The molecule has 0 aliphatic carbocycles. The van der Waals surface area contributed by atoms with Crippen molar-refractivity contribution in [2.75, 3.05) is 25.6 Å². The Morgan fingerprint density at radius 1 is 1.29 bits per heavy atom. The molecular formula is C19H23F2N5O4S. The van der Waals surface area contributed by atoms with Crippen LogP contribution < -0.4 is 15.8 Å². The van der Waals surface area contributed by atoms with Gasteiger partial charge in [-0.2, -0.15) is 0 Å². The number of anilines is 1. The summed E-state index contributed by atoms with van der Waals surface area (Å²) in [6, 6.07) is 3.54. The lowest BCUT2D eigenvalue weighted by Gasteiger charge is -2.24. The third-order valence-corrected chi connectivity index (χ3v) is 6.93. The first-order valence-corrected chi connectivity index (χ1v) is 10.7. The molecule has 0 saturated carbocycles. The maximum absolute atomic E-state index is 14.3. The summed E-state index contributed by atoms with van der Waals surface area (Å²) in [4.78, 5) is 23.8. The lowest BCUT2D eigenvalue weighted by atomic mass is 10.2. The number of carbonyl (C=O) groups excluding carboxylic acids is 1. The van der Waals surface area contributed by atoms with Gasteiger partial charge < -0.3 is 15.8 Å². The van der Waals surface area contributed by atoms with Gasteiger partial charge in [0.05, 0.1) is 18.1 Å². The van der Waals surface area contributed by atoms with E-state index < -0.39 is 38.7 Å². The number of carbonyl (C=O) groups is 1. The summed E-state index contributed by atoms with van der Waals surface area (Å²) in [6.45, 7) is 1.89. The molecule has 9 nitrogen and oxygen atoms in total. The molecule has 2 rings (SSSR count). The molecule has 12 heteroatoms. The van der Waals surface area contributed by atoms with Crippen molar-refractivity contribution in [3.63, 3.8) is 0 Å². The fourth-order valence-electron chi connectivity index (χ4n) is 2.42. The first-order valence-electron chi connectivity index (χ1n) is 9.07. The van der Waals surface area contributed by atoms with Gasteiger partial charge in [-0.3, -0.25) is 9.79 Å². The first-order chi connectivity index (χ1) is 14.5. The molecule has 0 radical (unpaired) electrons. The highest BCUT2D eigenvalue weighted by Gasteiger charge is 2.38. The van der Waals surface area contributed by atoms with Gasteiger partial charge >= 0.3 is 0 Å². The van der Waals surface area contributed by atoms with Gasteiger partial charge in [0, 0.05) is 18.3 Å². The van der Waals surface area contributed by atoms with Gasteiger partial charge in [0.25, 0.3) is 5.91 Å². The second-order valence-corrected chi connectivity index (χ2v) is 9.45. The number of nitrogens with one attached hydrogen (secondary N) is 1. The molecule has 1 amide bonds. The molecule has 2 aromatic rings. The largest absolute Gasteiger partial charge is 0.474 e. The number of nitrogens with zero attached hydrogens (tertiary/aromatic N) is 3. The molecule has 168 valence electrons. The second kappa shape index (κ2) is 9.77. The van der Waals surface area contributed by atoms with Crippen LogP contribution in [0.2, 0.25) is 0 Å². The number of hydrogen-bond acceptors (Lipinski definition) is 7. The lowest BCUT2D eigenvalue weighted by molar-refractivity contribution is 0.102. The Kier molecular flexibility index (Phi) is 7.60. The van der Waals surface area contributed by atoms with E-state index in [4.69, 9.17) is 10.5 Å². The second-order valence-electron chi connectivity index (χ2n) is 6.92. The third-order valence-electron chi connectivity index (χ3n) is 4.47. The highest BCUT2D eigenvalue weighted by Crippen LogP contribution is 2.25. The zero-order chi connectivity index (χ0) is 23.2. The zero-order valence-corrected chi connectivity index (χ0v) is 18.0. The van der Waals surface area contributed by atoms with E-state index in [9.17, 15) is 22.0 Å². The Labute approximate surface area is 178 Å². The Hall–Kier alpha value is -3.15. The normalized spacial score (nSPS) is 12.5. The third kappa shape index (κ3) is 5.72. The molecule has 0 aliphatic heterocycles. The van der Waals surface area contributed by atoms with Gasteiger partial charge in [0.15, 0.2) is 9.84 Å². The van der Waals surface area contributed by atoms with Crippen LogP contribution in [0.3, 0.4) is 0 Å². The molecular weight excluding hydrogens is 432 g/mol. The van der Waals surface area contributed by atoms with E-state index in [0.29, 0.717) is 0 Å². The Bertz CT molecular complexity index is 1070. The molecule has 0 atom stereocenters. The van der Waals surface area contributed by atoms with Crippen LogP contribution in [0.4, 0.5) is 14.5 Å². The van der Waals surface area contributed by atoms with Gasteiger partial charge in [-0.05, 0) is 32.0 Å². The van der Waals surface area contributed by atoms with Gasteiger partial charge in [-0.1, -0.05) is 0 Å². The Balaban J connectivity index is 2.20. The van der Waals surface area contributed by atoms with Crippen molar-refractivity contribution in [3.05, 3.63) is 47.7 Å². The average molecular weight is 455 g/mol. The summed E-state index contributed by atoms with van der Waals surface area (Å²) in [5.41, 5.74) is 5.65. The number of halogens is 2. The van der Waals surface area contributed by atoms with Crippen LogP contribution in [-0.4, -0.2) is 55.2 Å². The zero-order valence-electron chi connectivity index (χ0n) is 17.2. The number of nitrogens with two attached hydrogens (primary N) is 1. The van der Waals surface area contributed by atoms with Gasteiger partial charge in [0.2, 0.25) is 5.88 Å². The minimum absolute atomic E-state index is 0.0565. The first kappa shape index (κ1) is 24.1. The maximum Gasteiger partial charge on any atom is 0.275 e. The Morgan fingerprint density at radius 3 is 2.58 bits per heavy atom. The van der Waals surface area contributed by atoms with Crippen molar-refractivity contribution in [1.29, 1.82) is 0 Å². The lowest BCUT2D eigenvalue weighted by Crippen LogP contribution is -2.46. The summed E-state index contributed by atoms with van der Waals surface area (Å²) < 4.78 is 55.3. The van der Waals surface area contributed by atoms with Crippen LogP contribution in [0, 0.1) is 5.82 Å². The number of amides is 1. The minimum atomic E-state index is -3.93. The molecule has 1 aromatic carbocycles. The molecule has 0 unspecified atom stereocenters. The minimum Gasteiger partial charge on any atom is -0.474 e. The van der Waals surface area contributed by atoms with Crippen LogP contribution in [0.25, 0.3) is 0 Å².